The predicted molar refractivity (Wildman–Crippen MR) is 108 cm³/mol. The van der Waals surface area contributed by atoms with Crippen molar-refractivity contribution in [3.63, 3.8) is 0 Å². The van der Waals surface area contributed by atoms with Gasteiger partial charge in [-0.3, -0.25) is 25.3 Å². The van der Waals surface area contributed by atoms with Crippen molar-refractivity contribution < 1.29 is 14.0 Å². The van der Waals surface area contributed by atoms with Gasteiger partial charge in [0, 0.05) is 50.9 Å². The van der Waals surface area contributed by atoms with E-state index < -0.39 is 5.91 Å². The molecular weight excluding hydrogens is 356 g/mol. The molecule has 0 spiro atoms. The minimum Gasteiger partial charge on any atom is -0.462 e. The van der Waals surface area contributed by atoms with E-state index in [0.717, 1.165) is 31.9 Å². The molecule has 0 aliphatic carbocycles. The molecule has 1 aromatic carbocycles. The lowest BCUT2D eigenvalue weighted by molar-refractivity contribution is -0.127. The summed E-state index contributed by atoms with van der Waals surface area (Å²) in [6, 6.07) is 13.9. The van der Waals surface area contributed by atoms with Crippen molar-refractivity contribution in [1.29, 1.82) is 0 Å². The maximum absolute atomic E-state index is 11.9. The number of carbonyl (C=O) groups excluding carboxylic acids is 2. The molecule has 1 saturated heterocycles. The summed E-state index contributed by atoms with van der Waals surface area (Å²) in [5.74, 6) is 0.756. The second kappa shape index (κ2) is 9.75. The van der Waals surface area contributed by atoms with E-state index in [1.54, 1.807) is 12.1 Å². The lowest BCUT2D eigenvalue weighted by Crippen LogP contribution is -2.48. The lowest BCUT2D eigenvalue weighted by Gasteiger charge is -2.36. The van der Waals surface area contributed by atoms with Gasteiger partial charge in [-0.2, -0.15) is 0 Å². The van der Waals surface area contributed by atoms with Crippen LogP contribution in [0.2, 0.25) is 0 Å². The quantitative estimate of drug-likeness (QED) is 0.590. The number of rotatable bonds is 6. The highest BCUT2D eigenvalue weighted by Gasteiger charge is 2.17. The molecule has 148 valence electrons. The zero-order valence-electron chi connectivity index (χ0n) is 16.1. The van der Waals surface area contributed by atoms with Gasteiger partial charge in [-0.05, 0) is 37.3 Å². The van der Waals surface area contributed by atoms with Crippen molar-refractivity contribution in [3.8, 4) is 0 Å². The molecule has 2 heterocycles. The van der Waals surface area contributed by atoms with Crippen LogP contribution in [0.5, 0.6) is 0 Å². The van der Waals surface area contributed by atoms with Crippen molar-refractivity contribution in [2.45, 2.75) is 13.3 Å². The van der Waals surface area contributed by atoms with Crippen LogP contribution in [0.25, 0.3) is 6.08 Å². The molecular formula is C21H26N4O3. The van der Waals surface area contributed by atoms with Crippen LogP contribution in [0.1, 0.15) is 17.9 Å². The number of benzene rings is 1. The van der Waals surface area contributed by atoms with Gasteiger partial charge < -0.3 is 9.32 Å². The normalized spacial score (nSPS) is 15.0. The first-order valence-corrected chi connectivity index (χ1v) is 9.46. The Kier molecular flexibility index (Phi) is 6.86. The van der Waals surface area contributed by atoms with Gasteiger partial charge in [-0.15, -0.1) is 0 Å². The summed E-state index contributed by atoms with van der Waals surface area (Å²) in [4.78, 5) is 28.3. The fraction of sp³-hybridized carbons (Fsp3) is 0.333. The van der Waals surface area contributed by atoms with E-state index in [9.17, 15) is 9.59 Å². The first-order chi connectivity index (χ1) is 13.6. The molecule has 2 amide bonds. The van der Waals surface area contributed by atoms with Crippen LogP contribution in [0, 0.1) is 6.92 Å². The Balaban J connectivity index is 1.31. The Labute approximate surface area is 165 Å². The van der Waals surface area contributed by atoms with Crippen molar-refractivity contribution >= 4 is 23.6 Å². The van der Waals surface area contributed by atoms with Gasteiger partial charge in [0.25, 0.3) is 5.91 Å². The van der Waals surface area contributed by atoms with Crippen LogP contribution in [-0.2, 0) is 9.59 Å². The van der Waals surface area contributed by atoms with E-state index in [1.807, 2.05) is 31.2 Å². The van der Waals surface area contributed by atoms with Gasteiger partial charge in [0.1, 0.15) is 11.5 Å². The number of nitrogens with one attached hydrogen (secondary N) is 2. The molecule has 2 N–H and O–H groups in total. The van der Waals surface area contributed by atoms with Gasteiger partial charge in [-0.1, -0.05) is 18.2 Å². The molecule has 0 radical (unpaired) electrons. The molecule has 3 rings (SSSR count). The fourth-order valence-electron chi connectivity index (χ4n) is 3.06. The second-order valence-electron chi connectivity index (χ2n) is 6.73. The van der Waals surface area contributed by atoms with Gasteiger partial charge in [0.15, 0.2) is 0 Å². The summed E-state index contributed by atoms with van der Waals surface area (Å²) < 4.78 is 5.34. The molecule has 0 bridgehead atoms. The molecule has 1 fully saturated rings. The summed E-state index contributed by atoms with van der Waals surface area (Å²) in [7, 11) is 0. The van der Waals surface area contributed by atoms with E-state index in [1.165, 1.54) is 11.8 Å². The van der Waals surface area contributed by atoms with E-state index >= 15 is 0 Å². The van der Waals surface area contributed by atoms with Crippen molar-refractivity contribution in [3.05, 3.63) is 60.1 Å². The average molecular weight is 382 g/mol. The molecule has 0 unspecified atom stereocenters. The zero-order chi connectivity index (χ0) is 19.8. The molecule has 0 atom stereocenters. The number of hydrazine groups is 1. The number of carbonyl (C=O) groups is 2. The summed E-state index contributed by atoms with van der Waals surface area (Å²) in [5.41, 5.74) is 6.06. The average Bonchev–Trinajstić information content (AvgIpc) is 3.15. The lowest BCUT2D eigenvalue weighted by atomic mass is 10.2. The SMILES string of the molecule is Cc1ccc(/C=C/C(=O)NNC(=O)CCN2CCN(c3ccccc3)CC2)o1. The van der Waals surface area contributed by atoms with Gasteiger partial charge in [0.2, 0.25) is 5.91 Å². The minimum absolute atomic E-state index is 0.207. The number of amides is 2. The highest BCUT2D eigenvalue weighted by Crippen LogP contribution is 2.15. The summed E-state index contributed by atoms with van der Waals surface area (Å²) >= 11 is 0. The van der Waals surface area contributed by atoms with Gasteiger partial charge in [0.05, 0.1) is 0 Å². The Hall–Kier alpha value is -3.06. The highest BCUT2D eigenvalue weighted by atomic mass is 16.3. The first kappa shape index (κ1) is 19.7. The van der Waals surface area contributed by atoms with Crippen LogP contribution in [0.15, 0.2) is 53.0 Å². The second-order valence-corrected chi connectivity index (χ2v) is 6.73. The highest BCUT2D eigenvalue weighted by molar-refractivity contribution is 5.92. The molecule has 7 nitrogen and oxygen atoms in total. The third-order valence-corrected chi connectivity index (χ3v) is 4.63. The zero-order valence-corrected chi connectivity index (χ0v) is 16.1. The number of para-hydroxylation sites is 1. The predicted octanol–water partition coefficient (Wildman–Crippen LogP) is 1.96. The van der Waals surface area contributed by atoms with Crippen LogP contribution >= 0.6 is 0 Å². The Morgan fingerprint density at radius 1 is 1.04 bits per heavy atom. The molecule has 7 heteroatoms. The third-order valence-electron chi connectivity index (χ3n) is 4.63. The van der Waals surface area contributed by atoms with Crippen LogP contribution in [0.4, 0.5) is 5.69 Å². The van der Waals surface area contributed by atoms with Crippen LogP contribution in [0.3, 0.4) is 0 Å². The van der Waals surface area contributed by atoms with E-state index in [-0.39, 0.29) is 5.91 Å². The smallest absolute Gasteiger partial charge is 0.262 e. The van der Waals surface area contributed by atoms with Crippen molar-refractivity contribution in [2.75, 3.05) is 37.6 Å². The molecule has 1 aliphatic rings. The standard InChI is InChI=1S/C21H26N4O3/c1-17-7-8-19(28-17)9-10-20(26)22-23-21(27)11-12-24-13-15-25(16-14-24)18-5-3-2-4-6-18/h2-10H,11-16H2,1H3,(H,22,26)(H,23,27)/b10-9+. The third kappa shape index (κ3) is 5.99. The maximum Gasteiger partial charge on any atom is 0.262 e. The largest absolute Gasteiger partial charge is 0.462 e. The molecule has 28 heavy (non-hydrogen) atoms. The van der Waals surface area contributed by atoms with Gasteiger partial charge >= 0.3 is 0 Å². The molecule has 1 aliphatic heterocycles. The number of anilines is 1. The number of furan rings is 1. The minimum atomic E-state index is -0.404. The number of hydrogen-bond acceptors (Lipinski definition) is 5. The number of nitrogens with zero attached hydrogens (tertiary/aromatic N) is 2. The topological polar surface area (TPSA) is 77.8 Å². The maximum atomic E-state index is 11.9. The Morgan fingerprint density at radius 3 is 2.46 bits per heavy atom. The molecule has 1 aromatic heterocycles. The number of piperazine rings is 1. The fourth-order valence-corrected chi connectivity index (χ4v) is 3.06. The first-order valence-electron chi connectivity index (χ1n) is 9.46. The Bertz CT molecular complexity index is 808. The van der Waals surface area contributed by atoms with Gasteiger partial charge in [-0.25, -0.2) is 0 Å². The Morgan fingerprint density at radius 2 is 1.79 bits per heavy atom. The van der Waals surface area contributed by atoms with E-state index in [2.05, 4.69) is 32.8 Å². The number of hydrogen-bond donors (Lipinski definition) is 2. The van der Waals surface area contributed by atoms with Crippen LogP contribution < -0.4 is 15.8 Å². The molecule has 0 saturated carbocycles. The monoisotopic (exact) mass is 382 g/mol. The van der Waals surface area contributed by atoms with Crippen molar-refractivity contribution in [1.82, 2.24) is 15.8 Å². The van der Waals surface area contributed by atoms with Crippen molar-refractivity contribution in [2.24, 2.45) is 0 Å². The summed E-state index contributed by atoms with van der Waals surface area (Å²) in [5, 5.41) is 0. The van der Waals surface area contributed by atoms with E-state index in [4.69, 9.17) is 4.42 Å². The van der Waals surface area contributed by atoms with Crippen LogP contribution in [-0.4, -0.2) is 49.4 Å². The summed E-state index contributed by atoms with van der Waals surface area (Å²) in [6.07, 6.45) is 3.22. The summed E-state index contributed by atoms with van der Waals surface area (Å²) in [6.45, 7) is 6.23. The molecule has 2 aromatic rings. The number of aryl methyl sites for hydroxylation is 1. The van der Waals surface area contributed by atoms with E-state index in [0.29, 0.717) is 18.7 Å².